The number of benzene rings is 1. The predicted octanol–water partition coefficient (Wildman–Crippen LogP) is 4.71. The van der Waals surface area contributed by atoms with Crippen molar-refractivity contribution < 1.29 is 5.11 Å². The Kier molecular flexibility index (Phi) is 4.58. The fourth-order valence-corrected chi connectivity index (χ4v) is 3.74. The van der Waals surface area contributed by atoms with E-state index in [1.165, 1.54) is 12.0 Å². The van der Waals surface area contributed by atoms with Crippen LogP contribution >= 0.6 is 11.6 Å². The molecule has 2 rings (SSSR count). The lowest BCUT2D eigenvalue weighted by molar-refractivity contribution is -0.0331. The Labute approximate surface area is 122 Å². The minimum atomic E-state index is -0.614. The molecule has 1 aliphatic carbocycles. The van der Waals surface area contributed by atoms with Crippen LogP contribution < -0.4 is 0 Å². The molecule has 0 amide bonds. The average Bonchev–Trinajstić information content (AvgIpc) is 2.31. The zero-order valence-electron chi connectivity index (χ0n) is 12.2. The fraction of sp³-hybridized carbons (Fsp3) is 0.647. The monoisotopic (exact) mass is 280 g/mol. The summed E-state index contributed by atoms with van der Waals surface area (Å²) >= 11 is 5.91. The highest BCUT2D eigenvalue weighted by Gasteiger charge is 2.36. The van der Waals surface area contributed by atoms with Gasteiger partial charge in [-0.15, -0.1) is 0 Å². The number of aliphatic hydroxyl groups is 1. The highest BCUT2D eigenvalue weighted by Crippen LogP contribution is 2.40. The van der Waals surface area contributed by atoms with Crippen molar-refractivity contribution >= 4 is 11.6 Å². The van der Waals surface area contributed by atoms with Gasteiger partial charge in [-0.2, -0.15) is 0 Å². The molecule has 3 atom stereocenters. The van der Waals surface area contributed by atoms with Gasteiger partial charge in [-0.05, 0) is 61.6 Å². The highest BCUT2D eigenvalue weighted by molar-refractivity contribution is 6.30. The van der Waals surface area contributed by atoms with E-state index in [9.17, 15) is 5.11 Å². The van der Waals surface area contributed by atoms with E-state index in [0.29, 0.717) is 12.3 Å². The average molecular weight is 281 g/mol. The van der Waals surface area contributed by atoms with Crippen molar-refractivity contribution in [2.24, 2.45) is 17.8 Å². The molecule has 0 aliphatic heterocycles. The number of rotatable bonds is 3. The Morgan fingerprint density at radius 3 is 2.16 bits per heavy atom. The summed E-state index contributed by atoms with van der Waals surface area (Å²) in [6, 6.07) is 7.84. The Morgan fingerprint density at radius 1 is 1.11 bits per heavy atom. The molecule has 1 aromatic carbocycles. The first-order valence-corrected chi connectivity index (χ1v) is 7.71. The Balaban J connectivity index is 2.06. The third kappa shape index (κ3) is 3.97. The van der Waals surface area contributed by atoms with E-state index in [0.717, 1.165) is 29.7 Å². The SMILES string of the molecule is CC1CC(C)CC(C(C)(O)Cc2ccc(Cl)cc2)C1. The molecule has 106 valence electrons. The molecule has 1 aromatic rings. The molecule has 0 aromatic heterocycles. The van der Waals surface area contributed by atoms with E-state index < -0.39 is 5.60 Å². The first kappa shape index (κ1) is 14.9. The van der Waals surface area contributed by atoms with Gasteiger partial charge in [-0.1, -0.05) is 37.6 Å². The van der Waals surface area contributed by atoms with Gasteiger partial charge in [0, 0.05) is 11.4 Å². The summed E-state index contributed by atoms with van der Waals surface area (Å²) in [6.45, 7) is 6.61. The van der Waals surface area contributed by atoms with Crippen LogP contribution in [0, 0.1) is 17.8 Å². The van der Waals surface area contributed by atoms with Gasteiger partial charge in [0.2, 0.25) is 0 Å². The second-order valence-corrected chi connectivity index (χ2v) is 7.21. The van der Waals surface area contributed by atoms with Gasteiger partial charge in [0.1, 0.15) is 0 Å². The number of hydrogen-bond acceptors (Lipinski definition) is 1. The van der Waals surface area contributed by atoms with Gasteiger partial charge in [-0.25, -0.2) is 0 Å². The molecular formula is C17H25ClO. The summed E-state index contributed by atoms with van der Waals surface area (Å²) in [6.07, 6.45) is 4.30. The lowest BCUT2D eigenvalue weighted by atomic mass is 9.68. The number of halogens is 1. The van der Waals surface area contributed by atoms with Crippen molar-refractivity contribution in [1.82, 2.24) is 0 Å². The standard InChI is InChI=1S/C17H25ClO/c1-12-8-13(2)10-15(9-12)17(3,19)11-14-4-6-16(18)7-5-14/h4-7,12-13,15,19H,8-11H2,1-3H3. The van der Waals surface area contributed by atoms with E-state index in [-0.39, 0.29) is 0 Å². The highest BCUT2D eigenvalue weighted by atomic mass is 35.5. The third-order valence-corrected chi connectivity index (χ3v) is 4.79. The second kappa shape index (κ2) is 5.85. The fourth-order valence-electron chi connectivity index (χ4n) is 3.61. The molecule has 1 N–H and O–H groups in total. The zero-order valence-corrected chi connectivity index (χ0v) is 13.0. The zero-order chi connectivity index (χ0) is 14.0. The van der Waals surface area contributed by atoms with Gasteiger partial charge in [0.25, 0.3) is 0 Å². The van der Waals surface area contributed by atoms with Gasteiger partial charge in [0.15, 0.2) is 0 Å². The van der Waals surface area contributed by atoms with E-state index in [4.69, 9.17) is 11.6 Å². The van der Waals surface area contributed by atoms with E-state index in [2.05, 4.69) is 13.8 Å². The molecule has 2 heteroatoms. The predicted molar refractivity (Wildman–Crippen MR) is 81.4 cm³/mol. The topological polar surface area (TPSA) is 20.2 Å². The van der Waals surface area contributed by atoms with Crippen LogP contribution in [0.5, 0.6) is 0 Å². The van der Waals surface area contributed by atoms with Crippen molar-refractivity contribution in [3.63, 3.8) is 0 Å². The quantitative estimate of drug-likeness (QED) is 0.850. The van der Waals surface area contributed by atoms with Crippen molar-refractivity contribution in [2.75, 3.05) is 0 Å². The molecule has 0 bridgehead atoms. The summed E-state index contributed by atoms with van der Waals surface area (Å²) in [4.78, 5) is 0. The van der Waals surface area contributed by atoms with Crippen LogP contribution in [-0.2, 0) is 6.42 Å². The summed E-state index contributed by atoms with van der Waals surface area (Å²) in [7, 11) is 0. The smallest absolute Gasteiger partial charge is 0.0688 e. The molecule has 0 saturated heterocycles. The number of hydrogen-bond donors (Lipinski definition) is 1. The van der Waals surface area contributed by atoms with Crippen LogP contribution in [0.15, 0.2) is 24.3 Å². The largest absolute Gasteiger partial charge is 0.390 e. The van der Waals surface area contributed by atoms with Gasteiger partial charge in [0.05, 0.1) is 5.60 Å². The van der Waals surface area contributed by atoms with Crippen molar-refractivity contribution in [3.8, 4) is 0 Å². The molecule has 0 radical (unpaired) electrons. The van der Waals surface area contributed by atoms with Crippen LogP contribution in [0.3, 0.4) is 0 Å². The van der Waals surface area contributed by atoms with E-state index >= 15 is 0 Å². The van der Waals surface area contributed by atoms with Gasteiger partial charge < -0.3 is 5.11 Å². The summed E-state index contributed by atoms with van der Waals surface area (Å²) < 4.78 is 0. The van der Waals surface area contributed by atoms with Crippen LogP contribution in [0.1, 0.15) is 45.6 Å². The minimum Gasteiger partial charge on any atom is -0.390 e. The normalized spacial score (nSPS) is 30.9. The summed E-state index contributed by atoms with van der Waals surface area (Å²) in [5.74, 6) is 1.86. The van der Waals surface area contributed by atoms with Crippen LogP contribution in [0.2, 0.25) is 5.02 Å². The van der Waals surface area contributed by atoms with Crippen molar-refractivity contribution in [3.05, 3.63) is 34.9 Å². The van der Waals surface area contributed by atoms with Crippen LogP contribution in [-0.4, -0.2) is 10.7 Å². The molecule has 1 aliphatic rings. The van der Waals surface area contributed by atoms with E-state index in [1.54, 1.807) is 0 Å². The Morgan fingerprint density at radius 2 is 1.63 bits per heavy atom. The molecule has 0 heterocycles. The second-order valence-electron chi connectivity index (χ2n) is 6.77. The lowest BCUT2D eigenvalue weighted by Crippen LogP contribution is -2.41. The van der Waals surface area contributed by atoms with Crippen molar-refractivity contribution in [2.45, 2.75) is 52.1 Å². The lowest BCUT2D eigenvalue weighted by Gasteiger charge is -2.40. The maximum absolute atomic E-state index is 10.9. The first-order valence-electron chi connectivity index (χ1n) is 7.33. The van der Waals surface area contributed by atoms with Crippen molar-refractivity contribution in [1.29, 1.82) is 0 Å². The molecule has 0 spiro atoms. The molecule has 19 heavy (non-hydrogen) atoms. The molecule has 1 nitrogen and oxygen atoms in total. The van der Waals surface area contributed by atoms with Crippen LogP contribution in [0.25, 0.3) is 0 Å². The maximum atomic E-state index is 10.9. The molecule has 1 saturated carbocycles. The van der Waals surface area contributed by atoms with Crippen LogP contribution in [0.4, 0.5) is 0 Å². The molecule has 1 fully saturated rings. The Bertz CT molecular complexity index is 400. The van der Waals surface area contributed by atoms with Gasteiger partial charge >= 0.3 is 0 Å². The third-order valence-electron chi connectivity index (χ3n) is 4.53. The molecular weight excluding hydrogens is 256 g/mol. The molecule has 3 unspecified atom stereocenters. The minimum absolute atomic E-state index is 0.405. The first-order chi connectivity index (χ1) is 8.87. The maximum Gasteiger partial charge on any atom is 0.0688 e. The Hall–Kier alpha value is -0.530. The summed E-state index contributed by atoms with van der Waals surface area (Å²) in [5, 5.41) is 11.6. The van der Waals surface area contributed by atoms with E-state index in [1.807, 2.05) is 31.2 Å². The van der Waals surface area contributed by atoms with Gasteiger partial charge in [-0.3, -0.25) is 0 Å². The summed E-state index contributed by atoms with van der Waals surface area (Å²) in [5.41, 5.74) is 0.553.